The molecule has 2 saturated carbocycles. The predicted molar refractivity (Wildman–Crippen MR) is 141 cm³/mol. The van der Waals surface area contributed by atoms with Gasteiger partial charge in [-0.1, -0.05) is 13.2 Å². The van der Waals surface area contributed by atoms with Gasteiger partial charge in [-0.15, -0.1) is 0 Å². The first-order valence-electron chi connectivity index (χ1n) is 13.1. The minimum atomic E-state index is -2.12. The summed E-state index contributed by atoms with van der Waals surface area (Å²) in [6.45, 7) is 20.5. The summed E-state index contributed by atoms with van der Waals surface area (Å²) in [5, 5.41) is 0. The van der Waals surface area contributed by atoms with Gasteiger partial charge in [0.05, 0.1) is 25.7 Å². The first-order valence-corrected chi connectivity index (χ1v) is 19.0. The van der Waals surface area contributed by atoms with E-state index in [1.807, 2.05) is 0 Å². The third-order valence-electron chi connectivity index (χ3n) is 7.22. The van der Waals surface area contributed by atoms with Crippen molar-refractivity contribution in [3.8, 4) is 0 Å². The van der Waals surface area contributed by atoms with Crippen molar-refractivity contribution in [1.29, 1.82) is 0 Å². The molecule has 7 heteroatoms. The molecule has 0 spiro atoms. The summed E-state index contributed by atoms with van der Waals surface area (Å²) in [7, 11) is -3.93. The molecule has 2 rings (SSSR count). The second kappa shape index (κ2) is 14.7. The van der Waals surface area contributed by atoms with Gasteiger partial charge in [0.1, 0.15) is 0 Å². The monoisotopic (exact) mass is 498 g/mol. The average Bonchev–Trinajstić information content (AvgIpc) is 2.78. The van der Waals surface area contributed by atoms with Gasteiger partial charge in [0, 0.05) is 19.8 Å². The molecule has 0 saturated heterocycles. The molecule has 0 heterocycles. The van der Waals surface area contributed by atoms with Crippen LogP contribution in [-0.4, -0.2) is 49.9 Å². The second-order valence-corrected chi connectivity index (χ2v) is 19.1. The molecule has 192 valence electrons. The molecular formula is C26H50O5Si2. The largest absolute Gasteiger partial charge is 0.502 e. The van der Waals surface area contributed by atoms with E-state index in [4.69, 9.17) is 22.8 Å². The van der Waals surface area contributed by atoms with Crippen LogP contribution in [0, 0.1) is 23.7 Å². The molecule has 0 aromatic heterocycles. The van der Waals surface area contributed by atoms with Gasteiger partial charge in [-0.2, -0.15) is 0 Å². The van der Waals surface area contributed by atoms with Crippen LogP contribution in [0.1, 0.15) is 51.4 Å². The summed E-state index contributed by atoms with van der Waals surface area (Å²) >= 11 is 0. The topological polar surface area (TPSA) is 46.2 Å². The van der Waals surface area contributed by atoms with E-state index in [9.17, 15) is 0 Å². The molecular weight excluding hydrogens is 448 g/mol. The lowest BCUT2D eigenvalue weighted by Crippen LogP contribution is -2.47. The van der Waals surface area contributed by atoms with Crippen LogP contribution >= 0.6 is 0 Å². The molecule has 2 aliphatic carbocycles. The lowest BCUT2D eigenvalue weighted by molar-refractivity contribution is 0.0732. The van der Waals surface area contributed by atoms with E-state index < -0.39 is 16.9 Å². The van der Waals surface area contributed by atoms with Gasteiger partial charge in [-0.3, -0.25) is 0 Å². The maximum absolute atomic E-state index is 6.66. The Bertz CT molecular complexity index is 553. The number of ether oxygens (including phenoxy) is 3. The molecule has 0 aromatic rings. The van der Waals surface area contributed by atoms with Crippen molar-refractivity contribution in [2.24, 2.45) is 23.7 Å². The summed E-state index contributed by atoms with van der Waals surface area (Å²) in [6.07, 6.45) is 13.0. The first-order chi connectivity index (χ1) is 15.7. The van der Waals surface area contributed by atoms with Crippen molar-refractivity contribution in [3.05, 3.63) is 25.7 Å². The van der Waals surface area contributed by atoms with Crippen LogP contribution in [0.25, 0.3) is 0 Å². The Morgan fingerprint density at radius 2 is 1.09 bits per heavy atom. The molecule has 0 aliphatic heterocycles. The predicted octanol–water partition coefficient (Wildman–Crippen LogP) is 6.88. The van der Waals surface area contributed by atoms with Crippen LogP contribution in [0.5, 0.6) is 0 Å². The third kappa shape index (κ3) is 12.1. The number of rotatable bonds is 16. The summed E-state index contributed by atoms with van der Waals surface area (Å²) in [5.41, 5.74) is 0. The first kappa shape index (κ1) is 28.6. The Morgan fingerprint density at radius 3 is 1.55 bits per heavy atom. The van der Waals surface area contributed by atoms with Crippen LogP contribution in [0.3, 0.4) is 0 Å². The molecule has 0 unspecified atom stereocenters. The zero-order chi connectivity index (χ0) is 24.2. The van der Waals surface area contributed by atoms with Crippen LogP contribution in [0.15, 0.2) is 25.7 Å². The van der Waals surface area contributed by atoms with Crippen LogP contribution in [0.2, 0.25) is 32.2 Å². The van der Waals surface area contributed by atoms with Crippen molar-refractivity contribution in [2.75, 3.05) is 33.0 Å². The Morgan fingerprint density at radius 1 is 0.667 bits per heavy atom. The maximum atomic E-state index is 6.66. The summed E-state index contributed by atoms with van der Waals surface area (Å²) in [5.74, 6) is 2.72. The normalized spacial score (nSPS) is 26.5. The quantitative estimate of drug-likeness (QED) is 0.132. The summed E-state index contributed by atoms with van der Waals surface area (Å²) in [6, 6.07) is 1.03. The Kier molecular flexibility index (Phi) is 12.8. The van der Waals surface area contributed by atoms with E-state index in [1.165, 1.54) is 51.4 Å². The number of hydrogen-bond donors (Lipinski definition) is 0. The molecule has 0 aromatic carbocycles. The highest BCUT2D eigenvalue weighted by Crippen LogP contribution is 2.31. The lowest BCUT2D eigenvalue weighted by atomic mass is 9.83. The van der Waals surface area contributed by atoms with E-state index in [-0.39, 0.29) is 0 Å². The molecule has 0 amide bonds. The second-order valence-electron chi connectivity index (χ2n) is 11.2. The van der Waals surface area contributed by atoms with Crippen molar-refractivity contribution >= 4 is 16.9 Å². The summed E-state index contributed by atoms with van der Waals surface area (Å²) in [4.78, 5) is 0. The van der Waals surface area contributed by atoms with Gasteiger partial charge in [0.15, 0.2) is 8.32 Å². The highest BCUT2D eigenvalue weighted by Gasteiger charge is 2.35. The minimum absolute atomic E-state index is 0.659. The van der Waals surface area contributed by atoms with Gasteiger partial charge in [0.25, 0.3) is 0 Å². The third-order valence-corrected chi connectivity index (χ3v) is 13.7. The van der Waals surface area contributed by atoms with Gasteiger partial charge >= 0.3 is 8.56 Å². The molecule has 0 radical (unpaired) electrons. The van der Waals surface area contributed by atoms with E-state index >= 15 is 0 Å². The molecule has 2 fully saturated rings. The summed E-state index contributed by atoms with van der Waals surface area (Å²) < 4.78 is 29.9. The Hall–Kier alpha value is -0.606. The molecule has 0 N–H and O–H groups in total. The van der Waals surface area contributed by atoms with Crippen molar-refractivity contribution in [1.82, 2.24) is 0 Å². The fourth-order valence-corrected chi connectivity index (χ4v) is 12.4. The average molecular weight is 499 g/mol. The smallest absolute Gasteiger partial charge is 0.321 e. The fourth-order valence-electron chi connectivity index (χ4n) is 5.17. The lowest BCUT2D eigenvalue weighted by Gasteiger charge is -2.35. The SMILES string of the molecule is C=COCC1CCC(COCC[Si](C)(C)O[Si](C)(C)OCC2CCC(COC=C)CC2)CC1. The molecule has 2 aliphatic rings. The van der Waals surface area contributed by atoms with Crippen LogP contribution in [0.4, 0.5) is 0 Å². The minimum Gasteiger partial charge on any atom is -0.502 e. The fraction of sp³-hybridized carbons (Fsp3) is 0.846. The van der Waals surface area contributed by atoms with E-state index in [2.05, 4.69) is 39.3 Å². The van der Waals surface area contributed by atoms with E-state index in [1.54, 1.807) is 12.5 Å². The van der Waals surface area contributed by atoms with Gasteiger partial charge in [-0.05, 0) is 107 Å². The molecule has 0 atom stereocenters. The van der Waals surface area contributed by atoms with Crippen molar-refractivity contribution in [3.63, 3.8) is 0 Å². The molecule has 33 heavy (non-hydrogen) atoms. The van der Waals surface area contributed by atoms with Crippen molar-refractivity contribution < 1.29 is 22.8 Å². The maximum Gasteiger partial charge on any atom is 0.321 e. The Labute approximate surface area is 205 Å². The molecule has 5 nitrogen and oxygen atoms in total. The highest BCUT2D eigenvalue weighted by molar-refractivity contribution is 6.82. The van der Waals surface area contributed by atoms with E-state index in [0.717, 1.165) is 39.1 Å². The van der Waals surface area contributed by atoms with Gasteiger partial charge < -0.3 is 22.8 Å². The Balaban J connectivity index is 1.58. The van der Waals surface area contributed by atoms with Crippen LogP contribution in [-0.2, 0) is 22.8 Å². The highest BCUT2D eigenvalue weighted by atomic mass is 28.4. The van der Waals surface area contributed by atoms with Gasteiger partial charge in [-0.25, -0.2) is 0 Å². The number of hydrogen-bond acceptors (Lipinski definition) is 5. The van der Waals surface area contributed by atoms with Gasteiger partial charge in [0.2, 0.25) is 0 Å². The van der Waals surface area contributed by atoms with Crippen LogP contribution < -0.4 is 0 Å². The van der Waals surface area contributed by atoms with E-state index in [0.29, 0.717) is 23.7 Å². The molecule has 0 bridgehead atoms. The zero-order valence-electron chi connectivity index (χ0n) is 21.8. The zero-order valence-corrected chi connectivity index (χ0v) is 23.8. The standard InChI is InChI=1S/C26H50O5Si2/c1-7-27-19-23-9-11-25(12-10-23)21-29-17-18-32(3,4)31-33(5,6)30-22-26-15-13-24(14-16-26)20-28-8-2/h7-8,23-26H,1-2,9-22H2,3-6H3. The van der Waals surface area contributed by atoms with Crippen molar-refractivity contribution in [2.45, 2.75) is 83.6 Å².